The summed E-state index contributed by atoms with van der Waals surface area (Å²) >= 11 is 0. The fourth-order valence-electron chi connectivity index (χ4n) is 2.87. The minimum absolute atomic E-state index is 0. The number of ether oxygens (including phenoxy) is 1. The summed E-state index contributed by atoms with van der Waals surface area (Å²) in [5, 5.41) is 3.36. The van der Waals surface area contributed by atoms with Crippen molar-refractivity contribution in [3.63, 3.8) is 0 Å². The number of piperidine rings is 1. The molecule has 0 radical (unpaired) electrons. The predicted octanol–water partition coefficient (Wildman–Crippen LogP) is 3.21. The van der Waals surface area contributed by atoms with Gasteiger partial charge in [-0.05, 0) is 50.3 Å². The molecule has 0 unspecified atom stereocenters. The molecule has 4 nitrogen and oxygen atoms in total. The molecule has 1 saturated carbocycles. The van der Waals surface area contributed by atoms with Crippen molar-refractivity contribution in [3.05, 3.63) is 35.9 Å². The summed E-state index contributed by atoms with van der Waals surface area (Å²) in [6.07, 6.45) is 4.44. The average Bonchev–Trinajstić information content (AvgIpc) is 3.36. The minimum atomic E-state index is -0.141. The van der Waals surface area contributed by atoms with Crippen molar-refractivity contribution in [2.45, 2.75) is 38.3 Å². The summed E-state index contributed by atoms with van der Waals surface area (Å²) in [6.45, 7) is 3.24. The summed E-state index contributed by atoms with van der Waals surface area (Å²) in [5.41, 5.74) is 1.04. The van der Waals surface area contributed by atoms with Crippen molar-refractivity contribution >= 4 is 18.5 Å². The third-order valence-corrected chi connectivity index (χ3v) is 4.34. The highest BCUT2D eigenvalue weighted by molar-refractivity contribution is 5.85. The predicted molar refractivity (Wildman–Crippen MR) is 89.2 cm³/mol. The quantitative estimate of drug-likeness (QED) is 0.904. The first-order chi connectivity index (χ1) is 10.3. The molecule has 1 aromatic carbocycles. The van der Waals surface area contributed by atoms with Crippen LogP contribution in [0.1, 0.15) is 31.2 Å². The van der Waals surface area contributed by atoms with Crippen LogP contribution < -0.4 is 5.32 Å². The van der Waals surface area contributed by atoms with Gasteiger partial charge in [0.25, 0.3) is 0 Å². The molecule has 5 heteroatoms. The van der Waals surface area contributed by atoms with Gasteiger partial charge < -0.3 is 15.0 Å². The van der Waals surface area contributed by atoms with E-state index in [1.807, 2.05) is 35.2 Å². The number of rotatable bonds is 5. The van der Waals surface area contributed by atoms with Gasteiger partial charge in [0.2, 0.25) is 0 Å². The van der Waals surface area contributed by atoms with Gasteiger partial charge in [-0.25, -0.2) is 4.79 Å². The lowest BCUT2D eigenvalue weighted by atomic mass is 10.0. The third kappa shape index (κ3) is 4.89. The lowest BCUT2D eigenvalue weighted by molar-refractivity contribution is 0.0712. The first-order valence-electron chi connectivity index (χ1n) is 8.01. The number of hydrogen-bond acceptors (Lipinski definition) is 3. The molecule has 0 bridgehead atoms. The Balaban J connectivity index is 0.00000176. The van der Waals surface area contributed by atoms with Crippen LogP contribution in [-0.2, 0) is 11.3 Å². The van der Waals surface area contributed by atoms with Crippen molar-refractivity contribution in [1.82, 2.24) is 10.2 Å². The molecule has 0 atom stereocenters. The largest absolute Gasteiger partial charge is 0.445 e. The zero-order valence-electron chi connectivity index (χ0n) is 12.9. The summed E-state index contributed by atoms with van der Waals surface area (Å²) in [6, 6.07) is 10.2. The molecule has 1 heterocycles. The monoisotopic (exact) mass is 324 g/mol. The summed E-state index contributed by atoms with van der Waals surface area (Å²) < 4.78 is 5.54. The normalized spacial score (nSPS) is 18.4. The standard InChI is InChI=1S/C17H24N2O2.ClH/c20-17(21-13-15-4-2-1-3-5-15)19(12-14-6-7-14)16-8-10-18-11-9-16;/h1-5,14,16,18H,6-13H2;1H. The van der Waals surface area contributed by atoms with Crippen molar-refractivity contribution < 1.29 is 9.53 Å². The van der Waals surface area contributed by atoms with Crippen LogP contribution in [0.4, 0.5) is 4.79 Å². The van der Waals surface area contributed by atoms with Crippen LogP contribution in [0.3, 0.4) is 0 Å². The van der Waals surface area contributed by atoms with E-state index in [4.69, 9.17) is 4.74 Å². The van der Waals surface area contributed by atoms with Crippen LogP contribution in [0, 0.1) is 5.92 Å². The van der Waals surface area contributed by atoms with Crippen molar-refractivity contribution in [2.75, 3.05) is 19.6 Å². The molecule has 1 aliphatic carbocycles. The van der Waals surface area contributed by atoms with Gasteiger partial charge in [-0.3, -0.25) is 0 Å². The Labute approximate surface area is 138 Å². The van der Waals surface area contributed by atoms with Gasteiger partial charge in [-0.15, -0.1) is 12.4 Å². The van der Waals surface area contributed by atoms with Gasteiger partial charge in [0, 0.05) is 12.6 Å². The lowest BCUT2D eigenvalue weighted by Crippen LogP contribution is -2.47. The second kappa shape index (κ2) is 8.39. The van der Waals surface area contributed by atoms with E-state index in [9.17, 15) is 4.79 Å². The molecule has 122 valence electrons. The molecule has 1 N–H and O–H groups in total. The summed E-state index contributed by atoms with van der Waals surface area (Å²) in [4.78, 5) is 14.4. The van der Waals surface area contributed by atoms with Gasteiger partial charge in [0.1, 0.15) is 6.61 Å². The van der Waals surface area contributed by atoms with E-state index in [-0.39, 0.29) is 18.5 Å². The minimum Gasteiger partial charge on any atom is -0.445 e. The topological polar surface area (TPSA) is 41.6 Å². The first kappa shape index (κ1) is 17.1. The Morgan fingerprint density at radius 2 is 1.82 bits per heavy atom. The summed E-state index contributed by atoms with van der Waals surface area (Å²) in [5.74, 6) is 0.698. The third-order valence-electron chi connectivity index (χ3n) is 4.34. The molecule has 2 aliphatic rings. The number of carbonyl (C=O) groups is 1. The van der Waals surface area contributed by atoms with Crippen LogP contribution in [0.2, 0.25) is 0 Å². The number of carbonyl (C=O) groups excluding carboxylic acids is 1. The Morgan fingerprint density at radius 3 is 2.45 bits per heavy atom. The Hall–Kier alpha value is -1.26. The van der Waals surface area contributed by atoms with Gasteiger partial charge in [0.15, 0.2) is 0 Å². The van der Waals surface area contributed by atoms with E-state index < -0.39 is 0 Å². The van der Waals surface area contributed by atoms with Gasteiger partial charge in [-0.2, -0.15) is 0 Å². The molecule has 1 amide bonds. The maximum atomic E-state index is 12.5. The number of halogens is 1. The Bertz CT molecular complexity index is 459. The van der Waals surface area contributed by atoms with Gasteiger partial charge in [0.05, 0.1) is 0 Å². The smallest absolute Gasteiger partial charge is 0.410 e. The second-order valence-corrected chi connectivity index (χ2v) is 6.12. The number of amides is 1. The van der Waals surface area contributed by atoms with E-state index in [0.717, 1.165) is 38.0 Å². The summed E-state index contributed by atoms with van der Waals surface area (Å²) in [7, 11) is 0. The molecule has 0 aromatic heterocycles. The van der Waals surface area contributed by atoms with Crippen LogP contribution in [0.15, 0.2) is 30.3 Å². The van der Waals surface area contributed by atoms with Crippen LogP contribution in [0.5, 0.6) is 0 Å². The van der Waals surface area contributed by atoms with Crippen molar-refractivity contribution in [1.29, 1.82) is 0 Å². The number of hydrogen-bond donors (Lipinski definition) is 1. The van der Waals surface area contributed by atoms with Gasteiger partial charge >= 0.3 is 6.09 Å². The Morgan fingerprint density at radius 1 is 1.14 bits per heavy atom. The SMILES string of the molecule is Cl.O=C(OCc1ccccc1)N(CC1CC1)C1CCNCC1. The molecule has 3 rings (SSSR count). The maximum Gasteiger partial charge on any atom is 0.410 e. The second-order valence-electron chi connectivity index (χ2n) is 6.12. The number of nitrogens with one attached hydrogen (secondary N) is 1. The van der Waals surface area contributed by atoms with E-state index >= 15 is 0 Å². The van der Waals surface area contributed by atoms with E-state index in [1.54, 1.807) is 0 Å². The fraction of sp³-hybridized carbons (Fsp3) is 0.588. The molecule has 0 spiro atoms. The fourth-order valence-corrected chi connectivity index (χ4v) is 2.87. The molecule has 1 saturated heterocycles. The van der Waals surface area contributed by atoms with Crippen LogP contribution in [-0.4, -0.2) is 36.7 Å². The zero-order valence-corrected chi connectivity index (χ0v) is 13.7. The first-order valence-corrected chi connectivity index (χ1v) is 8.01. The zero-order chi connectivity index (χ0) is 14.5. The highest BCUT2D eigenvalue weighted by atomic mass is 35.5. The van der Waals surface area contributed by atoms with Gasteiger partial charge in [-0.1, -0.05) is 30.3 Å². The molecular weight excluding hydrogens is 300 g/mol. The molecule has 2 fully saturated rings. The Kier molecular flexibility index (Phi) is 6.52. The van der Waals surface area contributed by atoms with Crippen molar-refractivity contribution in [2.24, 2.45) is 5.92 Å². The van der Waals surface area contributed by atoms with Crippen LogP contribution >= 0.6 is 12.4 Å². The average molecular weight is 325 g/mol. The molecule has 22 heavy (non-hydrogen) atoms. The number of benzene rings is 1. The van der Waals surface area contributed by atoms with E-state index in [1.165, 1.54) is 12.8 Å². The maximum absolute atomic E-state index is 12.5. The van der Waals surface area contributed by atoms with E-state index in [2.05, 4.69) is 5.32 Å². The highest BCUT2D eigenvalue weighted by Crippen LogP contribution is 2.31. The number of nitrogens with zero attached hydrogens (tertiary/aromatic N) is 1. The van der Waals surface area contributed by atoms with Crippen LogP contribution in [0.25, 0.3) is 0 Å². The molecule has 1 aromatic rings. The lowest BCUT2D eigenvalue weighted by Gasteiger charge is -2.34. The van der Waals surface area contributed by atoms with Crippen molar-refractivity contribution in [3.8, 4) is 0 Å². The molecular formula is C17H25ClN2O2. The van der Waals surface area contributed by atoms with E-state index in [0.29, 0.717) is 18.6 Å². The highest BCUT2D eigenvalue weighted by Gasteiger charge is 2.32. The molecule has 1 aliphatic heterocycles.